The van der Waals surface area contributed by atoms with E-state index in [1.165, 1.54) is 24.6 Å². The van der Waals surface area contributed by atoms with E-state index in [0.717, 1.165) is 17.1 Å². The van der Waals surface area contributed by atoms with Gasteiger partial charge in [0, 0.05) is 17.0 Å². The largest absolute Gasteiger partial charge is 0.352 e. The van der Waals surface area contributed by atoms with Gasteiger partial charge >= 0.3 is 0 Å². The normalized spacial score (nSPS) is 21.5. The lowest BCUT2D eigenvalue weighted by Gasteiger charge is -2.21. The molecule has 2 N–H and O–H groups in total. The molecule has 1 aromatic carbocycles. The molecule has 19 heavy (non-hydrogen) atoms. The Labute approximate surface area is 116 Å². The topological polar surface area (TPSA) is 58.2 Å². The molecule has 4 nitrogen and oxygen atoms in total. The van der Waals surface area contributed by atoms with E-state index >= 15 is 0 Å². The van der Waals surface area contributed by atoms with Crippen LogP contribution in [0.2, 0.25) is 0 Å². The van der Waals surface area contributed by atoms with Crippen molar-refractivity contribution in [2.24, 2.45) is 5.92 Å². The van der Waals surface area contributed by atoms with Crippen molar-refractivity contribution in [3.05, 3.63) is 23.8 Å². The Hall–Kier alpha value is -1.49. The molecule has 3 rings (SSSR count). The van der Waals surface area contributed by atoms with Crippen molar-refractivity contribution in [2.75, 3.05) is 11.9 Å². The molecule has 1 heterocycles. The second-order valence-electron chi connectivity index (χ2n) is 5.11. The van der Waals surface area contributed by atoms with Crippen LogP contribution in [0.3, 0.4) is 0 Å². The Morgan fingerprint density at radius 1 is 1.47 bits per heavy atom. The maximum Gasteiger partial charge on any atom is 0.251 e. The summed E-state index contributed by atoms with van der Waals surface area (Å²) in [7, 11) is 0. The summed E-state index contributed by atoms with van der Waals surface area (Å²) >= 11 is 1.52. The minimum Gasteiger partial charge on any atom is -0.352 e. The van der Waals surface area contributed by atoms with E-state index in [9.17, 15) is 9.59 Å². The maximum atomic E-state index is 12.0. The lowest BCUT2D eigenvalue weighted by Crippen LogP contribution is -2.28. The number of amides is 2. The summed E-state index contributed by atoms with van der Waals surface area (Å²) < 4.78 is 0. The van der Waals surface area contributed by atoms with Gasteiger partial charge < -0.3 is 10.6 Å². The molecule has 1 aromatic rings. The number of thioether (sulfide) groups is 1. The highest BCUT2D eigenvalue weighted by Crippen LogP contribution is 2.36. The molecule has 0 radical (unpaired) electrons. The van der Waals surface area contributed by atoms with E-state index in [0.29, 0.717) is 11.5 Å². The summed E-state index contributed by atoms with van der Waals surface area (Å²) in [6, 6.07) is 5.48. The van der Waals surface area contributed by atoms with Gasteiger partial charge in [0.2, 0.25) is 5.91 Å². The minimum absolute atomic E-state index is 0.00645. The third-order valence-electron chi connectivity index (χ3n) is 3.42. The molecule has 1 fully saturated rings. The van der Waals surface area contributed by atoms with Crippen LogP contribution >= 0.6 is 11.8 Å². The van der Waals surface area contributed by atoms with E-state index in [-0.39, 0.29) is 17.1 Å². The van der Waals surface area contributed by atoms with Crippen LogP contribution in [0.5, 0.6) is 0 Å². The monoisotopic (exact) mass is 276 g/mol. The molecular formula is C14H16N2O2S. The average molecular weight is 276 g/mol. The summed E-state index contributed by atoms with van der Waals surface area (Å²) in [4.78, 5) is 24.6. The van der Waals surface area contributed by atoms with Crippen LogP contribution in [-0.4, -0.2) is 23.6 Å². The van der Waals surface area contributed by atoms with E-state index in [1.54, 1.807) is 6.07 Å². The first kappa shape index (κ1) is 12.5. The standard InChI is InChI=1S/C14H16N2O2S/c1-8-13(17)16-11-6-10(4-5-12(11)19-8)14(18)15-7-9-2-3-9/h4-6,8-9H,2-3,7H2,1H3,(H,15,18)(H,16,17). The zero-order valence-corrected chi connectivity index (χ0v) is 11.5. The molecule has 0 spiro atoms. The smallest absolute Gasteiger partial charge is 0.251 e. The summed E-state index contributed by atoms with van der Waals surface area (Å²) in [5.41, 5.74) is 1.35. The van der Waals surface area contributed by atoms with Gasteiger partial charge in [0.05, 0.1) is 10.9 Å². The van der Waals surface area contributed by atoms with Crippen LogP contribution < -0.4 is 10.6 Å². The number of nitrogens with one attached hydrogen (secondary N) is 2. The Morgan fingerprint density at radius 3 is 3.00 bits per heavy atom. The fraction of sp³-hybridized carbons (Fsp3) is 0.429. The number of carbonyl (C=O) groups is 2. The van der Waals surface area contributed by atoms with Gasteiger partial charge in [0.15, 0.2) is 0 Å². The number of benzene rings is 1. The van der Waals surface area contributed by atoms with E-state index in [2.05, 4.69) is 10.6 Å². The molecule has 0 aromatic heterocycles. The third-order valence-corrected chi connectivity index (χ3v) is 4.60. The van der Waals surface area contributed by atoms with Crippen molar-refractivity contribution < 1.29 is 9.59 Å². The van der Waals surface area contributed by atoms with Crippen LogP contribution in [0.4, 0.5) is 5.69 Å². The molecule has 0 saturated heterocycles. The second kappa shape index (κ2) is 4.89. The van der Waals surface area contributed by atoms with Gasteiger partial charge in [-0.2, -0.15) is 0 Å². The van der Waals surface area contributed by atoms with Gasteiger partial charge in [-0.05, 0) is 43.9 Å². The van der Waals surface area contributed by atoms with Gasteiger partial charge in [-0.15, -0.1) is 11.8 Å². The minimum atomic E-state index is -0.0814. The molecule has 100 valence electrons. The molecule has 5 heteroatoms. The fourth-order valence-electron chi connectivity index (χ4n) is 2.01. The molecule has 1 saturated carbocycles. The van der Waals surface area contributed by atoms with E-state index in [1.807, 2.05) is 19.1 Å². The van der Waals surface area contributed by atoms with Crippen molar-refractivity contribution in [2.45, 2.75) is 29.9 Å². The Kier molecular flexibility index (Phi) is 3.22. The molecule has 2 amide bonds. The lowest BCUT2D eigenvalue weighted by molar-refractivity contribution is -0.115. The van der Waals surface area contributed by atoms with Crippen LogP contribution in [0.1, 0.15) is 30.1 Å². The molecule has 1 aliphatic heterocycles. The lowest BCUT2D eigenvalue weighted by atomic mass is 10.1. The zero-order chi connectivity index (χ0) is 13.4. The van der Waals surface area contributed by atoms with Gasteiger partial charge in [-0.3, -0.25) is 9.59 Å². The summed E-state index contributed by atoms with van der Waals surface area (Å²) in [6.45, 7) is 2.63. The number of hydrogen-bond donors (Lipinski definition) is 2. The number of fused-ring (bicyclic) bond motifs is 1. The van der Waals surface area contributed by atoms with Gasteiger partial charge in [-0.25, -0.2) is 0 Å². The first-order valence-electron chi connectivity index (χ1n) is 6.53. The number of anilines is 1. The van der Waals surface area contributed by atoms with Crippen molar-refractivity contribution in [1.29, 1.82) is 0 Å². The molecule has 0 bridgehead atoms. The molecule has 1 atom stereocenters. The quantitative estimate of drug-likeness (QED) is 0.890. The van der Waals surface area contributed by atoms with Crippen LogP contribution in [0.15, 0.2) is 23.1 Å². The Balaban J connectivity index is 1.74. The van der Waals surface area contributed by atoms with Crippen LogP contribution in [0, 0.1) is 5.92 Å². The van der Waals surface area contributed by atoms with Crippen molar-refractivity contribution in [1.82, 2.24) is 5.32 Å². The Bertz CT molecular complexity index is 540. The average Bonchev–Trinajstić information content (AvgIpc) is 3.21. The summed E-state index contributed by atoms with van der Waals surface area (Å²) in [6.07, 6.45) is 2.43. The SMILES string of the molecule is CC1Sc2ccc(C(=O)NCC3CC3)cc2NC1=O. The highest BCUT2D eigenvalue weighted by molar-refractivity contribution is 8.00. The summed E-state index contributed by atoms with van der Waals surface area (Å²) in [5, 5.41) is 5.69. The number of carbonyl (C=O) groups excluding carboxylic acids is 2. The molecular weight excluding hydrogens is 260 g/mol. The van der Waals surface area contributed by atoms with E-state index in [4.69, 9.17) is 0 Å². The predicted molar refractivity (Wildman–Crippen MR) is 75.4 cm³/mol. The Morgan fingerprint density at radius 2 is 2.26 bits per heavy atom. The highest BCUT2D eigenvalue weighted by atomic mass is 32.2. The van der Waals surface area contributed by atoms with Gasteiger partial charge in [0.25, 0.3) is 5.91 Å². The van der Waals surface area contributed by atoms with E-state index < -0.39 is 0 Å². The first-order valence-corrected chi connectivity index (χ1v) is 7.41. The van der Waals surface area contributed by atoms with Crippen LogP contribution in [0.25, 0.3) is 0 Å². The van der Waals surface area contributed by atoms with Gasteiger partial charge in [-0.1, -0.05) is 0 Å². The third kappa shape index (κ3) is 2.76. The number of rotatable bonds is 3. The van der Waals surface area contributed by atoms with Crippen molar-refractivity contribution in [3.8, 4) is 0 Å². The van der Waals surface area contributed by atoms with Crippen molar-refractivity contribution >= 4 is 29.3 Å². The second-order valence-corrected chi connectivity index (χ2v) is 6.50. The first-order chi connectivity index (χ1) is 9.13. The maximum absolute atomic E-state index is 12.0. The number of hydrogen-bond acceptors (Lipinski definition) is 3. The summed E-state index contributed by atoms with van der Waals surface area (Å²) in [5.74, 6) is 0.596. The molecule has 2 aliphatic rings. The predicted octanol–water partition coefficient (Wildman–Crippen LogP) is 2.26. The van der Waals surface area contributed by atoms with Crippen LogP contribution in [-0.2, 0) is 4.79 Å². The van der Waals surface area contributed by atoms with Crippen molar-refractivity contribution in [3.63, 3.8) is 0 Å². The fourth-order valence-corrected chi connectivity index (χ4v) is 2.94. The highest BCUT2D eigenvalue weighted by Gasteiger charge is 2.25. The van der Waals surface area contributed by atoms with Gasteiger partial charge in [0.1, 0.15) is 0 Å². The molecule has 1 unspecified atom stereocenters. The zero-order valence-electron chi connectivity index (χ0n) is 10.7. The molecule has 1 aliphatic carbocycles.